The zero-order chi connectivity index (χ0) is 12.4. The van der Waals surface area contributed by atoms with Gasteiger partial charge in [0.1, 0.15) is 13.2 Å². The summed E-state index contributed by atoms with van der Waals surface area (Å²) in [5.41, 5.74) is 1.000. The van der Waals surface area contributed by atoms with Crippen molar-refractivity contribution in [1.29, 1.82) is 0 Å². The van der Waals surface area contributed by atoms with Gasteiger partial charge in [0.25, 0.3) is 0 Å². The van der Waals surface area contributed by atoms with Crippen LogP contribution in [-0.4, -0.2) is 34.6 Å². The van der Waals surface area contributed by atoms with Gasteiger partial charge in [-0.15, -0.1) is 0 Å². The molecule has 1 atom stereocenters. The van der Waals surface area contributed by atoms with E-state index < -0.39 is 0 Å². The summed E-state index contributed by atoms with van der Waals surface area (Å²) in [6.45, 7) is 2.14. The number of halogens is 1. The van der Waals surface area contributed by atoms with Gasteiger partial charge in [0.15, 0.2) is 16.7 Å². The molecule has 2 aliphatic heterocycles. The second-order valence-corrected chi connectivity index (χ2v) is 6.19. The smallest absolute Gasteiger partial charge is 0.163 e. The summed E-state index contributed by atoms with van der Waals surface area (Å²) in [7, 11) is 0. The number of anilines is 1. The third kappa shape index (κ3) is 2.69. The zero-order valence-corrected chi connectivity index (χ0v) is 12.7. The number of nitrogens with zero attached hydrogens (tertiary/aromatic N) is 1. The maximum Gasteiger partial charge on any atom is 0.163 e. The Kier molecular flexibility index (Phi) is 3.83. The third-order valence-corrected chi connectivity index (χ3v) is 5.45. The van der Waals surface area contributed by atoms with E-state index >= 15 is 0 Å². The van der Waals surface area contributed by atoms with Crippen LogP contribution in [0.2, 0.25) is 0 Å². The topological polar surface area (TPSA) is 42.9 Å². The van der Waals surface area contributed by atoms with Crippen LogP contribution in [0.15, 0.2) is 23.2 Å². The molecule has 6 heteroatoms. The Morgan fingerprint density at radius 1 is 1.33 bits per heavy atom. The average molecular weight is 376 g/mol. The molecule has 0 fully saturated rings. The van der Waals surface area contributed by atoms with Crippen LogP contribution in [0.5, 0.6) is 11.5 Å². The van der Waals surface area contributed by atoms with Crippen molar-refractivity contribution in [3.63, 3.8) is 0 Å². The fourth-order valence-corrected chi connectivity index (χ4v) is 3.48. The minimum atomic E-state index is 0.602. The number of hydrogen-bond acceptors (Lipinski definition) is 5. The first-order valence-electron chi connectivity index (χ1n) is 5.79. The van der Waals surface area contributed by atoms with Gasteiger partial charge in [-0.2, -0.15) is 0 Å². The molecule has 0 unspecified atom stereocenters. The van der Waals surface area contributed by atoms with E-state index in [9.17, 15) is 0 Å². The highest BCUT2D eigenvalue weighted by Crippen LogP contribution is 2.33. The lowest BCUT2D eigenvalue weighted by Gasteiger charge is -2.19. The Morgan fingerprint density at radius 3 is 2.94 bits per heavy atom. The van der Waals surface area contributed by atoms with Gasteiger partial charge in [0.2, 0.25) is 0 Å². The van der Waals surface area contributed by atoms with Crippen LogP contribution in [0.25, 0.3) is 0 Å². The van der Waals surface area contributed by atoms with Crippen molar-refractivity contribution in [2.45, 2.75) is 5.25 Å². The molecular weight excluding hydrogens is 363 g/mol. The molecule has 0 aromatic heterocycles. The van der Waals surface area contributed by atoms with E-state index in [1.165, 1.54) is 0 Å². The highest BCUT2D eigenvalue weighted by Gasteiger charge is 2.19. The van der Waals surface area contributed by atoms with Crippen LogP contribution in [0.3, 0.4) is 0 Å². The highest BCUT2D eigenvalue weighted by atomic mass is 127. The fraction of sp³-hybridized carbons (Fsp3) is 0.417. The molecule has 96 valence electrons. The molecule has 0 saturated heterocycles. The third-order valence-electron chi connectivity index (χ3n) is 2.68. The number of aliphatic imine (C=N–C) groups is 1. The lowest BCUT2D eigenvalue weighted by molar-refractivity contribution is 0.171. The quantitative estimate of drug-likeness (QED) is 0.637. The van der Waals surface area contributed by atoms with Crippen molar-refractivity contribution in [3.05, 3.63) is 18.2 Å². The summed E-state index contributed by atoms with van der Waals surface area (Å²) in [6, 6.07) is 5.90. The first-order valence-corrected chi connectivity index (χ1v) is 8.19. The summed E-state index contributed by atoms with van der Waals surface area (Å²) < 4.78 is 12.2. The number of nitrogens with one attached hydrogen (secondary N) is 1. The van der Waals surface area contributed by atoms with Crippen LogP contribution in [0, 0.1) is 0 Å². The summed E-state index contributed by atoms with van der Waals surface area (Å²) in [6.07, 6.45) is 0. The maximum absolute atomic E-state index is 5.56. The van der Waals surface area contributed by atoms with E-state index in [-0.39, 0.29) is 0 Å². The largest absolute Gasteiger partial charge is 0.486 e. The number of amidine groups is 1. The van der Waals surface area contributed by atoms with Crippen LogP contribution >= 0.6 is 34.4 Å². The molecule has 1 aromatic carbocycles. The second kappa shape index (κ2) is 5.56. The van der Waals surface area contributed by atoms with E-state index in [1.54, 1.807) is 11.8 Å². The van der Waals surface area contributed by atoms with Crippen molar-refractivity contribution < 1.29 is 9.47 Å². The first kappa shape index (κ1) is 12.4. The molecule has 0 bridgehead atoms. The van der Waals surface area contributed by atoms with Gasteiger partial charge in [-0.1, -0.05) is 34.4 Å². The number of ether oxygens (including phenoxy) is 2. The van der Waals surface area contributed by atoms with Crippen molar-refractivity contribution in [1.82, 2.24) is 0 Å². The van der Waals surface area contributed by atoms with Crippen molar-refractivity contribution >= 4 is 45.2 Å². The van der Waals surface area contributed by atoms with Gasteiger partial charge >= 0.3 is 0 Å². The van der Waals surface area contributed by atoms with Crippen LogP contribution in [0.1, 0.15) is 0 Å². The molecule has 0 spiro atoms. The van der Waals surface area contributed by atoms with E-state index in [0.29, 0.717) is 18.5 Å². The average Bonchev–Trinajstić information content (AvgIpc) is 2.86. The van der Waals surface area contributed by atoms with Gasteiger partial charge in [-0.25, -0.2) is 0 Å². The lowest BCUT2D eigenvalue weighted by atomic mass is 10.2. The minimum absolute atomic E-state index is 0.602. The van der Waals surface area contributed by atoms with Gasteiger partial charge < -0.3 is 14.8 Å². The molecular formula is C12H13IN2O2S. The molecule has 2 heterocycles. The molecule has 0 saturated carbocycles. The molecule has 4 nitrogen and oxygen atoms in total. The summed E-state index contributed by atoms with van der Waals surface area (Å²) in [5, 5.41) is 4.93. The van der Waals surface area contributed by atoms with Crippen LogP contribution < -0.4 is 14.8 Å². The van der Waals surface area contributed by atoms with Crippen molar-refractivity contribution in [3.8, 4) is 11.5 Å². The minimum Gasteiger partial charge on any atom is -0.486 e. The molecule has 2 aliphatic rings. The van der Waals surface area contributed by atoms with Gasteiger partial charge in [-0.05, 0) is 12.1 Å². The predicted molar refractivity (Wildman–Crippen MR) is 83.6 cm³/mol. The molecule has 18 heavy (non-hydrogen) atoms. The number of hydrogen-bond donors (Lipinski definition) is 1. The van der Waals surface area contributed by atoms with Crippen LogP contribution in [-0.2, 0) is 0 Å². The monoisotopic (exact) mass is 376 g/mol. The first-order chi connectivity index (χ1) is 8.85. The Bertz CT molecular complexity index is 481. The fourth-order valence-electron chi connectivity index (χ4n) is 1.81. The standard InChI is InChI=1S/C12H13IN2O2S/c13-6-9-7-14-12(18-9)15-8-1-2-10-11(5-8)17-4-3-16-10/h1-2,5,9H,3-4,6-7H2,(H,14,15)/t9-/m1/s1. The van der Waals surface area contributed by atoms with Crippen LogP contribution in [0.4, 0.5) is 5.69 Å². The van der Waals surface area contributed by atoms with Crippen molar-refractivity contribution in [2.75, 3.05) is 29.5 Å². The number of thioether (sulfide) groups is 1. The molecule has 0 aliphatic carbocycles. The van der Waals surface area contributed by atoms with Gasteiger partial charge in [0.05, 0.1) is 6.54 Å². The molecule has 1 aromatic rings. The number of benzene rings is 1. The normalized spacial score (nSPS) is 21.6. The van der Waals surface area contributed by atoms with Gasteiger partial charge in [0, 0.05) is 21.4 Å². The number of alkyl halides is 1. The summed E-state index contributed by atoms with van der Waals surface area (Å²) in [5.74, 6) is 1.62. The van der Waals surface area contributed by atoms with E-state index in [4.69, 9.17) is 9.47 Å². The summed E-state index contributed by atoms with van der Waals surface area (Å²) >= 11 is 4.20. The second-order valence-electron chi connectivity index (χ2n) is 4.02. The molecule has 3 rings (SSSR count). The SMILES string of the molecule is IC[C@@H]1CN=C(Nc2ccc3c(c2)OCCO3)S1. The maximum atomic E-state index is 5.56. The van der Waals surface area contributed by atoms with Crippen molar-refractivity contribution in [2.24, 2.45) is 4.99 Å². The molecule has 1 N–H and O–H groups in total. The van der Waals surface area contributed by atoms with Gasteiger partial charge in [-0.3, -0.25) is 4.99 Å². The highest BCUT2D eigenvalue weighted by molar-refractivity contribution is 14.1. The lowest BCUT2D eigenvalue weighted by Crippen LogP contribution is -2.15. The Morgan fingerprint density at radius 2 is 2.17 bits per heavy atom. The Labute approximate surface area is 124 Å². The number of rotatable bonds is 2. The molecule has 0 radical (unpaired) electrons. The summed E-state index contributed by atoms with van der Waals surface area (Å²) in [4.78, 5) is 4.49. The predicted octanol–water partition coefficient (Wildman–Crippen LogP) is 2.78. The van der Waals surface area contributed by atoms with E-state index in [0.717, 1.165) is 33.3 Å². The zero-order valence-electron chi connectivity index (χ0n) is 9.69. The molecule has 0 amide bonds. The van der Waals surface area contributed by atoms with E-state index in [1.807, 2.05) is 18.2 Å². The van der Waals surface area contributed by atoms with E-state index in [2.05, 4.69) is 32.9 Å². The Balaban J connectivity index is 1.70. The number of fused-ring (bicyclic) bond motifs is 1. The Hall–Kier alpha value is -0.630.